The Balaban J connectivity index is 1.55. The summed E-state index contributed by atoms with van der Waals surface area (Å²) in [5, 5.41) is 1.93. The number of anilines is 1. The molecule has 0 bridgehead atoms. The van der Waals surface area contributed by atoms with E-state index in [1.807, 2.05) is 18.2 Å². The number of fused-ring (bicyclic) bond motifs is 3. The molecule has 132 valence electrons. The predicted molar refractivity (Wildman–Crippen MR) is 100 cm³/mol. The summed E-state index contributed by atoms with van der Waals surface area (Å²) in [7, 11) is 1.66. The third-order valence-electron chi connectivity index (χ3n) is 4.90. The Hall–Kier alpha value is -2.47. The summed E-state index contributed by atoms with van der Waals surface area (Å²) in [4.78, 5) is 10.1. The largest absolute Gasteiger partial charge is 0.493 e. The molecule has 3 aromatic rings. The van der Waals surface area contributed by atoms with Crippen LogP contribution in [-0.2, 0) is 0 Å². The second-order valence-electron chi connectivity index (χ2n) is 6.54. The lowest BCUT2D eigenvalue weighted by atomic mass is 10.1. The van der Waals surface area contributed by atoms with Crippen LogP contribution < -0.4 is 15.2 Å². The van der Waals surface area contributed by atoms with Gasteiger partial charge in [0, 0.05) is 29.6 Å². The van der Waals surface area contributed by atoms with Crippen molar-refractivity contribution in [1.82, 2.24) is 14.9 Å². The van der Waals surface area contributed by atoms with Crippen molar-refractivity contribution < 1.29 is 9.47 Å². The van der Waals surface area contributed by atoms with E-state index in [1.54, 1.807) is 13.3 Å². The second-order valence-corrected chi connectivity index (χ2v) is 6.54. The quantitative estimate of drug-likeness (QED) is 0.674. The molecule has 0 atom stereocenters. The summed E-state index contributed by atoms with van der Waals surface area (Å²) in [6.07, 6.45) is 5.37. The second kappa shape index (κ2) is 6.80. The molecular weight excluding hydrogens is 316 g/mol. The van der Waals surface area contributed by atoms with Crippen LogP contribution in [0.1, 0.15) is 19.3 Å². The SMILES string of the molecule is COc1cc2c(cc1OCCCN1CCCC1)[nH]c1ccnc(N)c12. The molecule has 3 N–H and O–H groups in total. The van der Waals surface area contributed by atoms with Crippen molar-refractivity contribution in [2.24, 2.45) is 0 Å². The summed E-state index contributed by atoms with van der Waals surface area (Å²) in [5.74, 6) is 2.00. The predicted octanol–water partition coefficient (Wildman–Crippen LogP) is 3.17. The number of nitrogens with zero attached hydrogens (tertiary/aromatic N) is 2. The number of nitrogens with one attached hydrogen (secondary N) is 1. The van der Waals surface area contributed by atoms with Crippen LogP contribution in [0.3, 0.4) is 0 Å². The van der Waals surface area contributed by atoms with Gasteiger partial charge in [0.2, 0.25) is 0 Å². The van der Waals surface area contributed by atoms with Gasteiger partial charge in [0.25, 0.3) is 0 Å². The number of H-pyrrole nitrogens is 1. The van der Waals surface area contributed by atoms with Crippen molar-refractivity contribution in [1.29, 1.82) is 0 Å². The normalized spacial score (nSPS) is 15.2. The highest BCUT2D eigenvalue weighted by Gasteiger charge is 2.14. The van der Waals surface area contributed by atoms with E-state index in [4.69, 9.17) is 15.2 Å². The zero-order chi connectivity index (χ0) is 17.2. The number of ether oxygens (including phenoxy) is 2. The molecule has 0 amide bonds. The highest BCUT2D eigenvalue weighted by atomic mass is 16.5. The highest BCUT2D eigenvalue weighted by Crippen LogP contribution is 2.37. The smallest absolute Gasteiger partial charge is 0.163 e. The van der Waals surface area contributed by atoms with E-state index in [9.17, 15) is 0 Å². The maximum Gasteiger partial charge on any atom is 0.163 e. The van der Waals surface area contributed by atoms with Crippen molar-refractivity contribution in [3.63, 3.8) is 0 Å². The van der Waals surface area contributed by atoms with Gasteiger partial charge in [0.1, 0.15) is 5.82 Å². The minimum Gasteiger partial charge on any atom is -0.493 e. The van der Waals surface area contributed by atoms with Gasteiger partial charge in [-0.05, 0) is 44.5 Å². The Morgan fingerprint density at radius 3 is 2.84 bits per heavy atom. The minimum absolute atomic E-state index is 0.519. The summed E-state index contributed by atoms with van der Waals surface area (Å²) in [6.45, 7) is 4.22. The number of hydrogen-bond acceptors (Lipinski definition) is 5. The Morgan fingerprint density at radius 1 is 1.20 bits per heavy atom. The lowest BCUT2D eigenvalue weighted by Crippen LogP contribution is -2.21. The molecule has 6 nitrogen and oxygen atoms in total. The monoisotopic (exact) mass is 340 g/mol. The Labute approximate surface area is 146 Å². The maximum atomic E-state index is 6.05. The molecule has 4 rings (SSSR count). The molecule has 1 aliphatic rings. The molecule has 0 aliphatic carbocycles. The van der Waals surface area contributed by atoms with Crippen molar-refractivity contribution in [2.45, 2.75) is 19.3 Å². The molecule has 3 heterocycles. The summed E-state index contributed by atoms with van der Waals surface area (Å²) < 4.78 is 11.5. The number of pyridine rings is 1. The molecule has 6 heteroatoms. The number of aromatic amines is 1. The Kier molecular flexibility index (Phi) is 4.36. The van der Waals surface area contributed by atoms with E-state index >= 15 is 0 Å². The third-order valence-corrected chi connectivity index (χ3v) is 4.90. The minimum atomic E-state index is 0.519. The summed E-state index contributed by atoms with van der Waals surface area (Å²) in [6, 6.07) is 5.89. The van der Waals surface area contributed by atoms with Crippen molar-refractivity contribution in [3.8, 4) is 11.5 Å². The van der Waals surface area contributed by atoms with E-state index in [0.29, 0.717) is 12.4 Å². The van der Waals surface area contributed by atoms with E-state index in [0.717, 1.165) is 46.3 Å². The van der Waals surface area contributed by atoms with Gasteiger partial charge in [-0.15, -0.1) is 0 Å². The molecule has 1 aliphatic heterocycles. The van der Waals surface area contributed by atoms with Gasteiger partial charge >= 0.3 is 0 Å². The van der Waals surface area contributed by atoms with Gasteiger partial charge in [-0.3, -0.25) is 0 Å². The van der Waals surface area contributed by atoms with Gasteiger partial charge in [-0.1, -0.05) is 0 Å². The zero-order valence-corrected chi connectivity index (χ0v) is 14.5. The number of rotatable bonds is 6. The fourth-order valence-electron chi connectivity index (χ4n) is 3.63. The number of nitrogen functional groups attached to an aromatic ring is 1. The summed E-state index contributed by atoms with van der Waals surface area (Å²) >= 11 is 0. The number of hydrogen-bond donors (Lipinski definition) is 2. The maximum absolute atomic E-state index is 6.05. The van der Waals surface area contributed by atoms with Gasteiger partial charge in [0.05, 0.1) is 24.8 Å². The molecule has 0 unspecified atom stereocenters. The average Bonchev–Trinajstić information content (AvgIpc) is 3.25. The molecule has 0 spiro atoms. The van der Waals surface area contributed by atoms with Crippen LogP contribution in [0.25, 0.3) is 21.8 Å². The number of aromatic nitrogens is 2. The van der Waals surface area contributed by atoms with Crippen LogP contribution >= 0.6 is 0 Å². The summed E-state index contributed by atoms with van der Waals surface area (Å²) in [5.41, 5.74) is 7.99. The van der Waals surface area contributed by atoms with E-state index < -0.39 is 0 Å². The van der Waals surface area contributed by atoms with Gasteiger partial charge in [-0.2, -0.15) is 0 Å². The number of methoxy groups -OCH3 is 1. The molecule has 1 aromatic carbocycles. The van der Waals surface area contributed by atoms with Crippen LogP contribution in [0.4, 0.5) is 5.82 Å². The van der Waals surface area contributed by atoms with Crippen LogP contribution in [0.5, 0.6) is 11.5 Å². The fourth-order valence-corrected chi connectivity index (χ4v) is 3.63. The topological polar surface area (TPSA) is 76.4 Å². The van der Waals surface area contributed by atoms with Crippen LogP contribution in [-0.4, -0.2) is 48.2 Å². The first-order chi connectivity index (χ1) is 12.3. The van der Waals surface area contributed by atoms with Crippen molar-refractivity contribution in [2.75, 3.05) is 39.1 Å². The molecule has 1 fully saturated rings. The first kappa shape index (κ1) is 16.0. The molecule has 0 saturated carbocycles. The molecular formula is C19H24N4O2. The Bertz CT molecular complexity index is 884. The fraction of sp³-hybridized carbons (Fsp3) is 0.421. The van der Waals surface area contributed by atoms with Crippen molar-refractivity contribution in [3.05, 3.63) is 24.4 Å². The molecule has 1 saturated heterocycles. The zero-order valence-electron chi connectivity index (χ0n) is 14.5. The highest BCUT2D eigenvalue weighted by molar-refractivity contribution is 6.12. The molecule has 0 radical (unpaired) electrons. The van der Waals surface area contributed by atoms with Gasteiger partial charge in [0.15, 0.2) is 11.5 Å². The average molecular weight is 340 g/mol. The molecule has 2 aromatic heterocycles. The van der Waals surface area contributed by atoms with Crippen LogP contribution in [0, 0.1) is 0 Å². The molecule has 25 heavy (non-hydrogen) atoms. The van der Waals surface area contributed by atoms with Crippen LogP contribution in [0.2, 0.25) is 0 Å². The van der Waals surface area contributed by atoms with Gasteiger partial charge < -0.3 is 25.1 Å². The van der Waals surface area contributed by atoms with Gasteiger partial charge in [-0.25, -0.2) is 4.98 Å². The standard InChI is InChI=1S/C19H24N4O2/c1-24-16-11-13-15(22-14-5-6-21-19(20)18(13)14)12-17(16)25-10-4-9-23-7-2-3-8-23/h5-6,11-12,22H,2-4,7-10H2,1H3,(H2,20,21). The van der Waals surface area contributed by atoms with E-state index in [2.05, 4.69) is 14.9 Å². The number of likely N-dealkylation sites (tertiary alicyclic amines) is 1. The first-order valence-electron chi connectivity index (χ1n) is 8.85. The first-order valence-corrected chi connectivity index (χ1v) is 8.85. The lowest BCUT2D eigenvalue weighted by molar-refractivity contribution is 0.254. The van der Waals surface area contributed by atoms with E-state index in [-0.39, 0.29) is 0 Å². The number of nitrogens with two attached hydrogens (primary N) is 1. The third kappa shape index (κ3) is 3.09. The van der Waals surface area contributed by atoms with Crippen LogP contribution in [0.15, 0.2) is 24.4 Å². The van der Waals surface area contributed by atoms with E-state index in [1.165, 1.54) is 25.9 Å². The van der Waals surface area contributed by atoms with Crippen molar-refractivity contribution >= 4 is 27.6 Å². The number of benzene rings is 1. The Morgan fingerprint density at radius 2 is 2.04 bits per heavy atom. The lowest BCUT2D eigenvalue weighted by Gasteiger charge is -2.15.